The van der Waals surface area contributed by atoms with E-state index in [1.165, 1.54) is 11.1 Å². The minimum Gasteiger partial charge on any atom is -0.455 e. The van der Waals surface area contributed by atoms with E-state index < -0.39 is 0 Å². The first-order valence-corrected chi connectivity index (χ1v) is 19.6. The molecule has 0 radical (unpaired) electrons. The third kappa shape index (κ3) is 7.69. The summed E-state index contributed by atoms with van der Waals surface area (Å²) in [4.78, 5) is 14.5. The van der Waals surface area contributed by atoms with Gasteiger partial charge >= 0.3 is 0 Å². The van der Waals surface area contributed by atoms with Crippen molar-refractivity contribution in [3.05, 3.63) is 208 Å². The average molecular weight is 748 g/mol. The van der Waals surface area contributed by atoms with Gasteiger partial charge in [0.1, 0.15) is 11.2 Å². The largest absolute Gasteiger partial charge is 0.455 e. The zero-order chi connectivity index (χ0) is 39.4. The fourth-order valence-electron chi connectivity index (χ4n) is 7.40. The minimum atomic E-state index is 0.862. The molecule has 9 rings (SSSR count). The molecule has 4 heterocycles. The Morgan fingerprint density at radius 2 is 0.828 bits per heavy atom. The van der Waals surface area contributed by atoms with Gasteiger partial charge in [-0.1, -0.05) is 127 Å². The summed E-state index contributed by atoms with van der Waals surface area (Å²) in [6.45, 7) is 6.41. The molecule has 0 amide bonds. The predicted octanol–water partition coefficient (Wildman–Crippen LogP) is 14.2. The quantitative estimate of drug-likeness (QED) is 0.148. The zero-order valence-corrected chi connectivity index (χ0v) is 32.7. The van der Waals surface area contributed by atoms with Crippen LogP contribution in [0.4, 0.5) is 0 Å². The van der Waals surface area contributed by atoms with Gasteiger partial charge in [0.2, 0.25) is 0 Å². The van der Waals surface area contributed by atoms with Crippen LogP contribution in [0.3, 0.4) is 0 Å². The maximum atomic E-state index is 6.32. The van der Waals surface area contributed by atoms with Crippen molar-refractivity contribution in [2.24, 2.45) is 0 Å². The van der Waals surface area contributed by atoms with Crippen LogP contribution < -0.4 is 0 Å². The molecule has 0 saturated carbocycles. The first-order chi connectivity index (χ1) is 28.4. The number of pyridine rings is 3. The van der Waals surface area contributed by atoms with Crippen molar-refractivity contribution in [1.29, 1.82) is 0 Å². The molecule has 0 aliphatic heterocycles. The summed E-state index contributed by atoms with van der Waals surface area (Å²) in [6, 6.07) is 48.1. The van der Waals surface area contributed by atoms with Crippen molar-refractivity contribution in [2.75, 3.05) is 0 Å². The molecule has 9 aromatic rings. The lowest BCUT2D eigenvalue weighted by atomic mass is 10.00. The second-order valence-corrected chi connectivity index (χ2v) is 14.7. The van der Waals surface area contributed by atoms with Crippen LogP contribution in [-0.2, 0) is 0 Å². The summed E-state index contributed by atoms with van der Waals surface area (Å²) in [5, 5.41) is 2.21. The zero-order valence-electron chi connectivity index (χ0n) is 32.7. The monoisotopic (exact) mass is 747 g/mol. The lowest BCUT2D eigenvalue weighted by Gasteiger charge is -2.07. The van der Waals surface area contributed by atoms with Crippen LogP contribution in [0.1, 0.15) is 50.1 Å². The van der Waals surface area contributed by atoms with Crippen LogP contribution in [0.5, 0.6) is 0 Å². The highest BCUT2D eigenvalue weighted by molar-refractivity contribution is 6.09. The maximum absolute atomic E-state index is 6.32. The Bertz CT molecular complexity index is 2910. The van der Waals surface area contributed by atoms with E-state index in [-0.39, 0.29) is 0 Å². The first-order valence-electron chi connectivity index (χ1n) is 19.6. The molecule has 4 nitrogen and oxygen atoms in total. The molecular weight excluding hydrogens is 707 g/mol. The van der Waals surface area contributed by atoms with Gasteiger partial charge in [0.15, 0.2) is 0 Å². The fourth-order valence-corrected chi connectivity index (χ4v) is 7.40. The first kappa shape index (κ1) is 36.2. The number of rotatable bonds is 9. The summed E-state index contributed by atoms with van der Waals surface area (Å²) in [6.07, 6.45) is 18.8. The van der Waals surface area contributed by atoms with Crippen molar-refractivity contribution < 1.29 is 4.42 Å². The van der Waals surface area contributed by atoms with Crippen LogP contribution in [0.25, 0.3) is 92.2 Å². The molecule has 0 atom stereocenters. The number of nitrogens with zero attached hydrogens (tertiary/aromatic N) is 3. The Kier molecular flexibility index (Phi) is 9.97. The Morgan fingerprint density at radius 1 is 0.397 bits per heavy atom. The third-order valence-electron chi connectivity index (χ3n) is 10.6. The summed E-state index contributed by atoms with van der Waals surface area (Å²) in [5.74, 6) is 0. The molecule has 0 fully saturated rings. The number of fused-ring (bicyclic) bond motifs is 3. The van der Waals surface area contributed by atoms with Gasteiger partial charge in [-0.05, 0) is 119 Å². The van der Waals surface area contributed by atoms with Crippen molar-refractivity contribution in [3.63, 3.8) is 0 Å². The Balaban J connectivity index is 1.03. The second kappa shape index (κ2) is 16.0. The number of aryl methyl sites for hydroxylation is 3. The van der Waals surface area contributed by atoms with Gasteiger partial charge in [-0.15, -0.1) is 0 Å². The van der Waals surface area contributed by atoms with Gasteiger partial charge in [-0.25, -0.2) is 0 Å². The van der Waals surface area contributed by atoms with E-state index in [0.29, 0.717) is 0 Å². The van der Waals surface area contributed by atoms with E-state index in [4.69, 9.17) is 19.4 Å². The normalized spacial score (nSPS) is 11.8. The number of benzene rings is 5. The fraction of sp³-hybridized carbons (Fsp3) is 0.0556. The van der Waals surface area contributed by atoms with Crippen molar-refractivity contribution in [2.45, 2.75) is 20.8 Å². The van der Waals surface area contributed by atoms with Gasteiger partial charge in [0.25, 0.3) is 0 Å². The molecule has 0 aliphatic carbocycles. The van der Waals surface area contributed by atoms with Crippen LogP contribution in [0.15, 0.2) is 163 Å². The molecular formula is C54H41N3O. The van der Waals surface area contributed by atoms with Crippen LogP contribution in [-0.4, -0.2) is 15.0 Å². The van der Waals surface area contributed by atoms with Crippen LogP contribution >= 0.6 is 0 Å². The molecule has 4 heteroatoms. The third-order valence-corrected chi connectivity index (χ3v) is 10.6. The lowest BCUT2D eigenvalue weighted by molar-refractivity contribution is 0.670. The maximum Gasteiger partial charge on any atom is 0.144 e. The van der Waals surface area contributed by atoms with Crippen molar-refractivity contribution in [3.8, 4) is 33.8 Å². The predicted molar refractivity (Wildman–Crippen MR) is 244 cm³/mol. The molecule has 0 N–H and O–H groups in total. The van der Waals surface area contributed by atoms with Gasteiger partial charge in [0.05, 0.1) is 17.1 Å². The molecule has 0 aliphatic rings. The van der Waals surface area contributed by atoms with Gasteiger partial charge in [0, 0.05) is 46.1 Å². The van der Waals surface area contributed by atoms with Crippen molar-refractivity contribution >= 4 is 58.4 Å². The molecule has 0 spiro atoms. The summed E-state index contributed by atoms with van der Waals surface area (Å²) in [7, 11) is 0. The summed E-state index contributed by atoms with van der Waals surface area (Å²) >= 11 is 0. The highest BCUT2D eigenvalue weighted by Gasteiger charge is 2.13. The van der Waals surface area contributed by atoms with Gasteiger partial charge in [-0.3, -0.25) is 15.0 Å². The standard InChI is InChI=1S/C54H41N3O/c1-36-27-50(42-13-6-4-7-14-42)55-33-44(36)24-21-39-30-40(22-25-45-34-56-51(28-37(45)2)43-15-8-5-9-16-43)32-41(31-39)23-26-46-35-57-52(29-38(46)3)49-19-12-18-48-47-17-10-11-20-53(47)58-54(48)49/h4-35H,1-3H3/b24-21+,25-22+,26-23+. The molecule has 0 bridgehead atoms. The highest BCUT2D eigenvalue weighted by Crippen LogP contribution is 2.35. The SMILES string of the molecule is Cc1cc(-c2ccccc2)ncc1/C=C/c1cc(/C=C/c2cnc(-c3ccccc3)cc2C)cc(/C=C/c2cnc(-c3cccc4c3oc3ccccc34)cc2C)c1. The lowest BCUT2D eigenvalue weighted by Crippen LogP contribution is -1.90. The van der Waals surface area contributed by atoms with E-state index in [2.05, 4.69) is 142 Å². The van der Waals surface area contributed by atoms with Gasteiger partial charge < -0.3 is 4.42 Å². The smallest absolute Gasteiger partial charge is 0.144 e. The number of furan rings is 1. The highest BCUT2D eigenvalue weighted by atomic mass is 16.3. The average Bonchev–Trinajstić information content (AvgIpc) is 3.65. The Morgan fingerprint density at radius 3 is 1.33 bits per heavy atom. The number of aromatic nitrogens is 3. The minimum absolute atomic E-state index is 0.862. The molecule has 0 unspecified atom stereocenters. The van der Waals surface area contributed by atoms with E-state index in [1.807, 2.05) is 73.2 Å². The van der Waals surface area contributed by atoms with Gasteiger partial charge in [-0.2, -0.15) is 0 Å². The number of para-hydroxylation sites is 2. The molecule has 5 aromatic carbocycles. The Hall–Kier alpha value is -7.43. The number of hydrogen-bond donors (Lipinski definition) is 0. The molecule has 0 saturated heterocycles. The van der Waals surface area contributed by atoms with E-state index in [1.54, 1.807) is 0 Å². The summed E-state index contributed by atoms with van der Waals surface area (Å²) < 4.78 is 6.32. The van der Waals surface area contributed by atoms with E-state index in [0.717, 1.165) is 94.7 Å². The van der Waals surface area contributed by atoms with Crippen LogP contribution in [0.2, 0.25) is 0 Å². The topological polar surface area (TPSA) is 51.8 Å². The summed E-state index contributed by atoms with van der Waals surface area (Å²) in [5.41, 5.74) is 17.8. The number of hydrogen-bond acceptors (Lipinski definition) is 4. The Labute approximate surface area is 339 Å². The molecule has 58 heavy (non-hydrogen) atoms. The molecule has 4 aromatic heterocycles. The van der Waals surface area contributed by atoms with Crippen LogP contribution in [0, 0.1) is 20.8 Å². The van der Waals surface area contributed by atoms with E-state index >= 15 is 0 Å². The van der Waals surface area contributed by atoms with E-state index in [9.17, 15) is 0 Å². The second-order valence-electron chi connectivity index (χ2n) is 14.7. The molecule has 278 valence electrons. The van der Waals surface area contributed by atoms with Crippen molar-refractivity contribution in [1.82, 2.24) is 15.0 Å².